The summed E-state index contributed by atoms with van der Waals surface area (Å²) in [6, 6.07) is 7.97. The first-order valence-corrected chi connectivity index (χ1v) is 19.2. The smallest absolute Gasteiger partial charge is 0.860 e. The Bertz CT molecular complexity index is 2580. The van der Waals surface area contributed by atoms with Crippen LogP contribution in [0.3, 0.4) is 0 Å². The summed E-state index contributed by atoms with van der Waals surface area (Å²) < 4.78 is 93.3. The number of carboxylic acids is 1. The van der Waals surface area contributed by atoms with E-state index in [4.69, 9.17) is 21.6 Å². The average Bonchev–Trinajstić information content (AvgIpc) is 3.03. The molecule has 0 aliphatic rings. The van der Waals surface area contributed by atoms with E-state index in [9.17, 15) is 54.7 Å². The molecule has 4 rings (SSSR count). The molecule has 0 saturated heterocycles. The van der Waals surface area contributed by atoms with Crippen LogP contribution in [0.1, 0.15) is 17.5 Å². The van der Waals surface area contributed by atoms with E-state index in [0.29, 0.717) is 4.57 Å². The molecule has 30 heteroatoms. The third kappa shape index (κ3) is 14.5. The molecule has 0 aliphatic heterocycles. The van der Waals surface area contributed by atoms with Gasteiger partial charge in [-0.15, -0.1) is 10.2 Å². The van der Waals surface area contributed by atoms with E-state index in [-0.39, 0.29) is 122 Å². The zero-order valence-electron chi connectivity index (χ0n) is 29.9. The summed E-state index contributed by atoms with van der Waals surface area (Å²) in [5.41, 5.74) is -3.57. The zero-order chi connectivity index (χ0) is 40.2. The van der Waals surface area contributed by atoms with Gasteiger partial charge in [-0.25, -0.2) is 12.6 Å². The SMILES string of the molecule is Cc1c(C(=N)[O-])c([O-])n(CCC(=O)[O-])c(=O)c1N=Nc1cc(Nc2nc(Cl)nc(Nc3ccc(S(=O)(=O)CCOS(=O)(=O)O)cc3)n2)ccc1S(=O)(=O)O.[Na+].[Na+].[Na+]. The summed E-state index contributed by atoms with van der Waals surface area (Å²) in [6.07, 6.45) is -0.823. The maximum Gasteiger partial charge on any atom is 1.00 e. The van der Waals surface area contributed by atoms with Crippen LogP contribution in [0.5, 0.6) is 5.88 Å². The summed E-state index contributed by atoms with van der Waals surface area (Å²) in [4.78, 5) is 34.9. The predicted molar refractivity (Wildman–Crippen MR) is 179 cm³/mol. The van der Waals surface area contributed by atoms with Crippen LogP contribution < -0.4 is 120 Å². The molecule has 2 aromatic carbocycles. The number of azo groups is 1. The van der Waals surface area contributed by atoms with Gasteiger partial charge >= 0.3 is 99.1 Å². The van der Waals surface area contributed by atoms with Crippen LogP contribution in [0.15, 0.2) is 67.3 Å². The summed E-state index contributed by atoms with van der Waals surface area (Å²) in [5, 5.41) is 55.5. The summed E-state index contributed by atoms with van der Waals surface area (Å²) >= 11 is 6.04. The van der Waals surface area contributed by atoms with E-state index < -0.39 is 106 Å². The number of carboxylic acid groups (broad SMARTS) is 1. The van der Waals surface area contributed by atoms with E-state index in [1.54, 1.807) is 0 Å². The Morgan fingerprint density at radius 3 is 2.02 bits per heavy atom. The number of nitrogens with zero attached hydrogens (tertiary/aromatic N) is 6. The molecule has 0 saturated carbocycles. The van der Waals surface area contributed by atoms with E-state index in [1.165, 1.54) is 24.3 Å². The number of carbonyl (C=O) groups excluding carboxylic acids is 1. The Morgan fingerprint density at radius 1 is 0.930 bits per heavy atom. The number of halogens is 1. The molecule has 0 unspecified atom stereocenters. The molecule has 0 atom stereocenters. The van der Waals surface area contributed by atoms with E-state index in [0.717, 1.165) is 25.1 Å². The van der Waals surface area contributed by atoms with Gasteiger partial charge in [0.1, 0.15) is 10.6 Å². The molecule has 288 valence electrons. The molecule has 2 heterocycles. The first-order chi connectivity index (χ1) is 25.1. The second-order valence-corrected chi connectivity index (χ2v) is 15.4. The molecule has 0 radical (unpaired) electrons. The number of hydrogen-bond donors (Lipinski definition) is 5. The number of nitrogens with one attached hydrogen (secondary N) is 3. The Labute approximate surface area is 394 Å². The van der Waals surface area contributed by atoms with Crippen molar-refractivity contribution in [2.24, 2.45) is 10.2 Å². The quantitative estimate of drug-likeness (QED) is 0.0229. The second kappa shape index (κ2) is 21.6. The third-order valence-electron chi connectivity index (χ3n) is 6.82. The normalized spacial score (nSPS) is 11.5. The van der Waals surface area contributed by atoms with Crippen LogP contribution in [-0.2, 0) is 45.9 Å². The number of rotatable bonds is 16. The third-order valence-corrected chi connectivity index (χ3v) is 10.0. The molecule has 23 nitrogen and oxygen atoms in total. The van der Waals surface area contributed by atoms with Crippen LogP contribution in [0.2, 0.25) is 5.28 Å². The molecule has 2 aromatic heterocycles. The standard InChI is InChI=1S/C27H26ClN9O14S3.3Na/c1-13-20(22(29)40)23(41)37(9-8-19(38)39)24(42)21(13)36-35-17-12-15(4-7-18(17)53(45,46)47)31-27-33-25(28)32-26(34-27)30-14-2-5-16(6-3-14)52(43,44)11-10-51-54(48,49)50;;;/h2-7,12,41H,8-11H2,1H3,(H2,29,40)(H,38,39)(H,45,46,47)(H,48,49,50)(H2,30,31,32,33,34);;;/q;3*+1/p-3. The maximum absolute atomic E-state index is 13.1. The Kier molecular flexibility index (Phi) is 19.8. The number of aliphatic carboxylic acids is 1. The van der Waals surface area contributed by atoms with Crippen molar-refractivity contribution < 1.29 is 147 Å². The van der Waals surface area contributed by atoms with Gasteiger partial charge in [-0.2, -0.15) is 31.8 Å². The fourth-order valence-electron chi connectivity index (χ4n) is 4.41. The Hall–Kier alpha value is -2.64. The topological polar surface area (TPSA) is 372 Å². The monoisotopic (exact) mass is 897 g/mol. The number of benzene rings is 2. The molecule has 0 bridgehead atoms. The van der Waals surface area contributed by atoms with Gasteiger partial charge in [0.25, 0.3) is 15.7 Å². The van der Waals surface area contributed by atoms with Crippen molar-refractivity contribution in [2.45, 2.75) is 29.7 Å². The summed E-state index contributed by atoms with van der Waals surface area (Å²) in [6.45, 7) is -0.498. The fourth-order valence-corrected chi connectivity index (χ4v) is 6.67. The first kappa shape index (κ1) is 52.4. The number of sulfone groups is 1. The van der Waals surface area contributed by atoms with E-state index >= 15 is 0 Å². The molecule has 0 amide bonds. The van der Waals surface area contributed by atoms with Gasteiger partial charge < -0.3 is 40.7 Å². The minimum Gasteiger partial charge on any atom is -0.860 e. The number of hydrogen-bond acceptors (Lipinski definition) is 20. The number of anilines is 4. The van der Waals surface area contributed by atoms with Crippen molar-refractivity contribution >= 4 is 88.5 Å². The van der Waals surface area contributed by atoms with Gasteiger partial charge in [0.15, 0.2) is 15.5 Å². The minimum atomic E-state index is -5.00. The van der Waals surface area contributed by atoms with Crippen molar-refractivity contribution in [1.29, 1.82) is 5.41 Å². The zero-order valence-corrected chi connectivity index (χ0v) is 39.2. The van der Waals surface area contributed by atoms with Crippen molar-refractivity contribution in [3.05, 3.63) is 69.2 Å². The molecule has 57 heavy (non-hydrogen) atoms. The minimum absolute atomic E-state index is 0. The van der Waals surface area contributed by atoms with Gasteiger partial charge in [0.05, 0.1) is 17.3 Å². The van der Waals surface area contributed by atoms with E-state index in [1.807, 2.05) is 0 Å². The number of aromatic nitrogens is 4. The number of carbonyl (C=O) groups is 1. The van der Waals surface area contributed by atoms with Gasteiger partial charge in [0.2, 0.25) is 17.2 Å². The van der Waals surface area contributed by atoms with Crippen LogP contribution in [0.4, 0.5) is 34.6 Å². The van der Waals surface area contributed by atoms with Crippen molar-refractivity contribution in [1.82, 2.24) is 19.5 Å². The first-order valence-electron chi connectivity index (χ1n) is 14.4. The van der Waals surface area contributed by atoms with Gasteiger partial charge in [-0.3, -0.25) is 13.9 Å². The Morgan fingerprint density at radius 2 is 1.49 bits per heavy atom. The van der Waals surface area contributed by atoms with Crippen molar-refractivity contribution in [3.63, 3.8) is 0 Å². The van der Waals surface area contributed by atoms with E-state index in [2.05, 4.69) is 40.0 Å². The molecule has 0 aliphatic carbocycles. The largest absolute Gasteiger partial charge is 1.00 e. The molecule has 4 aromatic rings. The fraction of sp³-hybridized carbons (Fsp3) is 0.185. The molecule has 0 spiro atoms. The molecule has 5 N–H and O–H groups in total. The Balaban J connectivity index is 0.00000541. The second-order valence-electron chi connectivity index (χ2n) is 10.5. The predicted octanol–water partition coefficient (Wildman–Crippen LogP) is -9.35. The molecular weight excluding hydrogens is 875 g/mol. The maximum atomic E-state index is 13.1. The number of pyridine rings is 1. The molecular formula is C27H23ClN9Na3O14S3. The van der Waals surface area contributed by atoms with Crippen LogP contribution in [0.25, 0.3) is 0 Å². The van der Waals surface area contributed by atoms with Gasteiger partial charge in [-0.05, 0) is 83.9 Å². The van der Waals surface area contributed by atoms with Crippen LogP contribution in [-0.4, -0.2) is 78.1 Å². The summed E-state index contributed by atoms with van der Waals surface area (Å²) in [5.74, 6) is -5.63. The van der Waals surface area contributed by atoms with Gasteiger partial charge in [0, 0.05) is 30.3 Å². The van der Waals surface area contributed by atoms with Crippen LogP contribution >= 0.6 is 11.6 Å². The average molecular weight is 898 g/mol. The van der Waals surface area contributed by atoms with Crippen LogP contribution in [0, 0.1) is 12.3 Å². The van der Waals surface area contributed by atoms with Crippen molar-refractivity contribution in [3.8, 4) is 5.88 Å². The molecule has 0 fully saturated rings. The summed E-state index contributed by atoms with van der Waals surface area (Å²) in [7, 11) is -13.8. The van der Waals surface area contributed by atoms with Gasteiger partial charge in [-0.1, -0.05) is 0 Å². The van der Waals surface area contributed by atoms with Crippen molar-refractivity contribution in [2.75, 3.05) is 23.0 Å².